The second-order valence-electron chi connectivity index (χ2n) is 7.63. The molecule has 9 nitrogen and oxygen atoms in total. The summed E-state index contributed by atoms with van der Waals surface area (Å²) >= 11 is 0. The molecule has 0 aromatic heterocycles. The van der Waals surface area contributed by atoms with Crippen LogP contribution in [0.1, 0.15) is 24.3 Å². The quantitative estimate of drug-likeness (QED) is 0.609. The van der Waals surface area contributed by atoms with Gasteiger partial charge in [0, 0.05) is 23.8 Å². The van der Waals surface area contributed by atoms with Crippen molar-refractivity contribution in [2.24, 2.45) is 0 Å². The molecule has 2 aromatic carbocycles. The fourth-order valence-corrected chi connectivity index (χ4v) is 6.82. The van der Waals surface area contributed by atoms with Crippen molar-refractivity contribution in [2.75, 3.05) is 22.1 Å². The lowest BCUT2D eigenvalue weighted by atomic mass is 9.90. The topological polar surface area (TPSA) is 139 Å². The Morgan fingerprint density at radius 3 is 2.45 bits per heavy atom. The van der Waals surface area contributed by atoms with E-state index in [2.05, 4.69) is 15.4 Å². The van der Waals surface area contributed by atoms with Crippen LogP contribution in [0.4, 0.5) is 11.4 Å². The zero-order valence-corrected chi connectivity index (χ0v) is 18.0. The van der Waals surface area contributed by atoms with Gasteiger partial charge >= 0.3 is 0 Å². The molecule has 0 radical (unpaired) electrons. The van der Waals surface area contributed by atoms with Gasteiger partial charge < -0.3 is 10.6 Å². The minimum Gasteiger partial charge on any atom is -0.326 e. The van der Waals surface area contributed by atoms with E-state index < -0.39 is 31.8 Å². The van der Waals surface area contributed by atoms with Crippen LogP contribution >= 0.6 is 0 Å². The number of anilines is 2. The second kappa shape index (κ2) is 8.06. The van der Waals surface area contributed by atoms with Gasteiger partial charge in [-0.3, -0.25) is 9.59 Å². The van der Waals surface area contributed by atoms with Crippen LogP contribution < -0.4 is 15.4 Å². The summed E-state index contributed by atoms with van der Waals surface area (Å²) < 4.78 is 50.5. The van der Waals surface area contributed by atoms with Crippen LogP contribution in [0.15, 0.2) is 53.4 Å². The zero-order valence-electron chi connectivity index (χ0n) is 16.4. The van der Waals surface area contributed by atoms with Gasteiger partial charge in [-0.15, -0.1) is 0 Å². The van der Waals surface area contributed by atoms with E-state index in [0.29, 0.717) is 11.4 Å². The van der Waals surface area contributed by atoms with Crippen LogP contribution in [0.5, 0.6) is 0 Å². The highest BCUT2D eigenvalue weighted by Crippen LogP contribution is 2.33. The number of nitrogens with one attached hydrogen (secondary N) is 3. The molecule has 2 aliphatic rings. The molecule has 11 heteroatoms. The first kappa shape index (κ1) is 21.5. The number of hydrogen-bond acceptors (Lipinski definition) is 6. The van der Waals surface area contributed by atoms with E-state index in [-0.39, 0.29) is 41.1 Å². The van der Waals surface area contributed by atoms with Crippen molar-refractivity contribution < 1.29 is 26.4 Å². The van der Waals surface area contributed by atoms with Gasteiger partial charge in [0.1, 0.15) is 0 Å². The molecule has 2 aromatic rings. The average molecular weight is 464 g/mol. The Labute approximate surface area is 180 Å². The van der Waals surface area contributed by atoms with Gasteiger partial charge in [0.05, 0.1) is 22.3 Å². The van der Waals surface area contributed by atoms with Crippen LogP contribution in [0.25, 0.3) is 0 Å². The number of hydrogen-bond donors (Lipinski definition) is 3. The molecule has 4 rings (SSSR count). The molecular weight excluding hydrogens is 442 g/mol. The van der Waals surface area contributed by atoms with Gasteiger partial charge in [0.25, 0.3) is 0 Å². The summed E-state index contributed by atoms with van der Waals surface area (Å²) in [5, 5.41) is 5.46. The lowest BCUT2D eigenvalue weighted by molar-refractivity contribution is -0.123. The number of sulfone groups is 1. The molecule has 2 unspecified atom stereocenters. The molecule has 1 saturated heterocycles. The number of carbonyl (C=O) groups is 2. The number of amides is 2. The second-order valence-corrected chi connectivity index (χ2v) is 11.6. The van der Waals surface area contributed by atoms with Crippen LogP contribution in [-0.4, -0.2) is 46.2 Å². The van der Waals surface area contributed by atoms with Gasteiger partial charge in [-0.05, 0) is 42.3 Å². The summed E-state index contributed by atoms with van der Waals surface area (Å²) in [6, 6.07) is 12.0. The molecule has 0 bridgehead atoms. The zero-order chi connectivity index (χ0) is 22.2. The maximum atomic E-state index is 12.8. The molecular formula is C20H21N3O6S2. The van der Waals surface area contributed by atoms with Crippen LogP contribution in [-0.2, 0) is 29.4 Å². The summed E-state index contributed by atoms with van der Waals surface area (Å²) in [5.74, 6) is -1.52. The lowest BCUT2D eigenvalue weighted by Gasteiger charge is -2.24. The lowest BCUT2D eigenvalue weighted by Crippen LogP contribution is -2.35. The van der Waals surface area contributed by atoms with E-state index in [0.717, 1.165) is 5.56 Å². The number of fused-ring (bicyclic) bond motifs is 1. The monoisotopic (exact) mass is 463 g/mol. The maximum absolute atomic E-state index is 12.8. The Kier molecular flexibility index (Phi) is 5.58. The standard InChI is InChI=1S/C20H21N3O6S2/c24-19-11-17(16-3-1-2-4-18(16)22-19)20(25)21-13-5-7-15(8-6-13)31(28,29)23-14-9-10-30(26,27)12-14/h1-8,14,17,23H,9-12H2,(H,21,25)(H,22,24). The van der Waals surface area contributed by atoms with Gasteiger partial charge in [-0.1, -0.05) is 18.2 Å². The molecule has 3 N–H and O–H groups in total. The SMILES string of the molecule is O=C1CC(C(=O)Nc2ccc(S(=O)(=O)NC3CCS(=O)(=O)C3)cc2)c2ccccc2N1. The van der Waals surface area contributed by atoms with Crippen LogP contribution in [0, 0.1) is 0 Å². The molecule has 0 spiro atoms. The average Bonchev–Trinajstić information content (AvgIpc) is 3.05. The van der Waals surface area contributed by atoms with E-state index >= 15 is 0 Å². The van der Waals surface area contributed by atoms with Crippen molar-refractivity contribution in [3.8, 4) is 0 Å². The van der Waals surface area contributed by atoms with Gasteiger partial charge in [0.15, 0.2) is 9.84 Å². The minimum atomic E-state index is -3.89. The fraction of sp³-hybridized carbons (Fsp3) is 0.300. The first-order chi connectivity index (χ1) is 14.6. The third-order valence-electron chi connectivity index (χ3n) is 5.30. The van der Waals surface area contributed by atoms with Crippen LogP contribution in [0.2, 0.25) is 0 Å². The summed E-state index contributed by atoms with van der Waals surface area (Å²) in [6.45, 7) is 0. The molecule has 0 saturated carbocycles. The Balaban J connectivity index is 1.45. The van der Waals surface area contributed by atoms with Crippen molar-refractivity contribution in [1.82, 2.24) is 4.72 Å². The normalized spacial score (nSPS) is 22.4. The summed E-state index contributed by atoms with van der Waals surface area (Å²) in [7, 11) is -7.10. The smallest absolute Gasteiger partial charge is 0.240 e. The minimum absolute atomic E-state index is 0.0174. The largest absolute Gasteiger partial charge is 0.326 e. The first-order valence-corrected chi connectivity index (χ1v) is 13.0. The fourth-order valence-electron chi connectivity index (χ4n) is 3.77. The van der Waals surface area contributed by atoms with Crippen molar-refractivity contribution in [1.29, 1.82) is 0 Å². The highest BCUT2D eigenvalue weighted by atomic mass is 32.2. The number of para-hydroxylation sites is 1. The molecule has 2 heterocycles. The van der Waals surface area contributed by atoms with Crippen molar-refractivity contribution in [3.63, 3.8) is 0 Å². The number of carbonyl (C=O) groups excluding carboxylic acids is 2. The maximum Gasteiger partial charge on any atom is 0.240 e. The number of benzene rings is 2. The van der Waals surface area contributed by atoms with E-state index in [1.54, 1.807) is 24.3 Å². The molecule has 2 amide bonds. The van der Waals surface area contributed by atoms with Crippen molar-refractivity contribution >= 4 is 43.0 Å². The van der Waals surface area contributed by atoms with E-state index in [9.17, 15) is 26.4 Å². The highest BCUT2D eigenvalue weighted by molar-refractivity contribution is 7.92. The predicted molar refractivity (Wildman–Crippen MR) is 115 cm³/mol. The molecule has 164 valence electrons. The van der Waals surface area contributed by atoms with Crippen LogP contribution in [0.3, 0.4) is 0 Å². The highest BCUT2D eigenvalue weighted by Gasteiger charge is 2.32. The van der Waals surface area contributed by atoms with Crippen molar-refractivity contribution in [2.45, 2.75) is 29.7 Å². The number of rotatable bonds is 5. The first-order valence-electron chi connectivity index (χ1n) is 9.65. The van der Waals surface area contributed by atoms with E-state index in [1.165, 1.54) is 24.3 Å². The van der Waals surface area contributed by atoms with E-state index in [1.807, 2.05) is 0 Å². The third-order valence-corrected chi connectivity index (χ3v) is 8.61. The predicted octanol–water partition coefficient (Wildman–Crippen LogP) is 1.22. The molecule has 0 aliphatic carbocycles. The van der Waals surface area contributed by atoms with Gasteiger partial charge in [-0.25, -0.2) is 21.6 Å². The molecule has 1 fully saturated rings. The Morgan fingerprint density at radius 2 is 1.77 bits per heavy atom. The summed E-state index contributed by atoms with van der Waals surface area (Å²) in [4.78, 5) is 24.7. The molecule has 2 aliphatic heterocycles. The Bertz CT molecular complexity index is 1240. The summed E-state index contributed by atoms with van der Waals surface area (Å²) in [5.41, 5.74) is 1.70. The Hall–Kier alpha value is -2.76. The molecule has 2 atom stereocenters. The Morgan fingerprint density at radius 1 is 1.06 bits per heavy atom. The van der Waals surface area contributed by atoms with E-state index in [4.69, 9.17) is 0 Å². The third kappa shape index (κ3) is 4.78. The van der Waals surface area contributed by atoms with Crippen molar-refractivity contribution in [3.05, 3.63) is 54.1 Å². The molecule has 31 heavy (non-hydrogen) atoms. The van der Waals surface area contributed by atoms with Gasteiger partial charge in [-0.2, -0.15) is 0 Å². The summed E-state index contributed by atoms with van der Waals surface area (Å²) in [6.07, 6.45) is 0.260. The number of sulfonamides is 1. The van der Waals surface area contributed by atoms with Gasteiger partial charge in [0.2, 0.25) is 21.8 Å².